The Morgan fingerprint density at radius 2 is 2.12 bits per heavy atom. The van der Waals surface area contributed by atoms with Gasteiger partial charge in [-0.05, 0) is 63.3 Å². The lowest BCUT2D eigenvalue weighted by molar-refractivity contribution is -0.137. The van der Waals surface area contributed by atoms with Crippen molar-refractivity contribution in [3.63, 3.8) is 0 Å². The fourth-order valence-electron chi connectivity index (χ4n) is 4.14. The van der Waals surface area contributed by atoms with E-state index in [4.69, 9.17) is 5.73 Å². The first-order chi connectivity index (χ1) is 12.5. The maximum atomic E-state index is 13.0. The van der Waals surface area contributed by atoms with Crippen molar-refractivity contribution < 1.29 is 9.59 Å². The van der Waals surface area contributed by atoms with Crippen molar-refractivity contribution in [3.05, 3.63) is 29.8 Å². The molecule has 0 aliphatic carbocycles. The molecule has 0 aromatic heterocycles. The Morgan fingerprint density at radius 3 is 2.81 bits per heavy atom. The van der Waals surface area contributed by atoms with Gasteiger partial charge in [-0.3, -0.25) is 4.79 Å². The van der Waals surface area contributed by atoms with Crippen LogP contribution < -0.4 is 11.1 Å². The fraction of sp³-hybridized carbons (Fsp3) is 0.600. The van der Waals surface area contributed by atoms with Gasteiger partial charge in [0, 0.05) is 31.4 Å². The molecule has 0 saturated carbocycles. The highest BCUT2D eigenvalue weighted by Gasteiger charge is 2.37. The van der Waals surface area contributed by atoms with E-state index in [0.717, 1.165) is 37.1 Å². The summed E-state index contributed by atoms with van der Waals surface area (Å²) in [7, 11) is 0. The maximum Gasteiger partial charge on any atom is 0.321 e. The Morgan fingerprint density at radius 1 is 1.31 bits per heavy atom. The number of urea groups is 1. The van der Waals surface area contributed by atoms with Crippen LogP contribution in [0.5, 0.6) is 0 Å². The molecule has 2 fully saturated rings. The van der Waals surface area contributed by atoms with Crippen molar-refractivity contribution >= 4 is 17.6 Å². The number of likely N-dealkylation sites (tertiary alicyclic amines) is 2. The van der Waals surface area contributed by atoms with Crippen molar-refractivity contribution in [1.29, 1.82) is 0 Å². The van der Waals surface area contributed by atoms with Gasteiger partial charge in [0.15, 0.2) is 0 Å². The van der Waals surface area contributed by atoms with Crippen molar-refractivity contribution in [2.75, 3.05) is 31.5 Å². The van der Waals surface area contributed by atoms with Gasteiger partial charge >= 0.3 is 6.03 Å². The van der Waals surface area contributed by atoms with Crippen molar-refractivity contribution in [3.8, 4) is 0 Å². The number of nitrogens with two attached hydrogens (primary N) is 1. The van der Waals surface area contributed by atoms with E-state index in [2.05, 4.69) is 12.2 Å². The molecule has 3 N–H and O–H groups in total. The van der Waals surface area contributed by atoms with Gasteiger partial charge in [0.1, 0.15) is 0 Å². The Labute approximate surface area is 155 Å². The predicted molar refractivity (Wildman–Crippen MR) is 103 cm³/mol. The fourth-order valence-corrected chi connectivity index (χ4v) is 4.14. The SMILES string of the molecule is Cc1cccc(NC(=O)N2CCCC(C(=O)N3CC(CN)CC3C)C2)c1. The minimum atomic E-state index is -0.123. The summed E-state index contributed by atoms with van der Waals surface area (Å²) in [6.07, 6.45) is 2.69. The predicted octanol–water partition coefficient (Wildman–Crippen LogP) is 2.43. The van der Waals surface area contributed by atoms with Crippen molar-refractivity contribution in [2.24, 2.45) is 17.6 Å². The van der Waals surface area contributed by atoms with Crippen LogP contribution in [0.4, 0.5) is 10.5 Å². The molecule has 2 aliphatic rings. The summed E-state index contributed by atoms with van der Waals surface area (Å²) < 4.78 is 0. The van der Waals surface area contributed by atoms with Crippen LogP contribution in [-0.4, -0.2) is 54.0 Å². The molecule has 3 atom stereocenters. The number of anilines is 1. The highest BCUT2D eigenvalue weighted by atomic mass is 16.2. The first-order valence-electron chi connectivity index (χ1n) is 9.61. The average molecular weight is 358 g/mol. The summed E-state index contributed by atoms with van der Waals surface area (Å²) in [6, 6.07) is 7.88. The van der Waals surface area contributed by atoms with Crippen LogP contribution in [0.15, 0.2) is 24.3 Å². The monoisotopic (exact) mass is 358 g/mol. The van der Waals surface area contributed by atoms with E-state index in [1.807, 2.05) is 36.1 Å². The van der Waals surface area contributed by atoms with Crippen LogP contribution in [0.3, 0.4) is 0 Å². The number of amides is 3. The maximum absolute atomic E-state index is 13.0. The quantitative estimate of drug-likeness (QED) is 0.871. The summed E-state index contributed by atoms with van der Waals surface area (Å²) in [6.45, 7) is 6.66. The zero-order valence-corrected chi connectivity index (χ0v) is 15.8. The summed E-state index contributed by atoms with van der Waals surface area (Å²) in [5.74, 6) is 0.478. The second-order valence-electron chi connectivity index (χ2n) is 7.76. The third-order valence-corrected chi connectivity index (χ3v) is 5.60. The van der Waals surface area contributed by atoms with Gasteiger partial charge in [-0.25, -0.2) is 4.79 Å². The molecular weight excluding hydrogens is 328 g/mol. The lowest BCUT2D eigenvalue weighted by Gasteiger charge is -2.35. The standard InChI is InChI=1S/C20H30N4O2/c1-14-5-3-7-18(9-14)22-20(26)23-8-4-6-17(13-23)19(25)24-12-16(11-21)10-15(24)2/h3,5,7,9,15-17H,4,6,8,10-13,21H2,1-2H3,(H,22,26). The molecule has 6 nitrogen and oxygen atoms in total. The minimum absolute atomic E-state index is 0.106. The van der Waals surface area contributed by atoms with Gasteiger partial charge in [0.25, 0.3) is 0 Å². The van der Waals surface area contributed by atoms with Crippen LogP contribution in [-0.2, 0) is 4.79 Å². The minimum Gasteiger partial charge on any atom is -0.339 e. The van der Waals surface area contributed by atoms with Crippen molar-refractivity contribution in [1.82, 2.24) is 9.80 Å². The molecule has 3 rings (SSSR count). The third kappa shape index (κ3) is 4.18. The van der Waals surface area contributed by atoms with Gasteiger partial charge in [-0.15, -0.1) is 0 Å². The molecular formula is C20H30N4O2. The number of carbonyl (C=O) groups excluding carboxylic acids is 2. The smallest absolute Gasteiger partial charge is 0.321 e. The number of benzene rings is 1. The van der Waals surface area contributed by atoms with Crippen molar-refractivity contribution in [2.45, 2.75) is 39.2 Å². The van der Waals surface area contributed by atoms with E-state index < -0.39 is 0 Å². The molecule has 6 heteroatoms. The lowest BCUT2D eigenvalue weighted by atomic mass is 9.96. The second-order valence-corrected chi connectivity index (χ2v) is 7.76. The second kappa shape index (κ2) is 8.08. The van der Waals surface area contributed by atoms with Gasteiger partial charge in [-0.2, -0.15) is 0 Å². The Kier molecular flexibility index (Phi) is 5.81. The summed E-state index contributed by atoms with van der Waals surface area (Å²) >= 11 is 0. The summed E-state index contributed by atoms with van der Waals surface area (Å²) in [4.78, 5) is 29.3. The number of nitrogens with zero attached hydrogens (tertiary/aromatic N) is 2. The van der Waals surface area contributed by atoms with Crippen LogP contribution >= 0.6 is 0 Å². The molecule has 0 bridgehead atoms. The van der Waals surface area contributed by atoms with E-state index in [-0.39, 0.29) is 23.9 Å². The number of hydrogen-bond acceptors (Lipinski definition) is 3. The molecule has 1 aromatic rings. The Balaban J connectivity index is 1.60. The third-order valence-electron chi connectivity index (χ3n) is 5.60. The largest absolute Gasteiger partial charge is 0.339 e. The highest BCUT2D eigenvalue weighted by molar-refractivity contribution is 5.90. The van der Waals surface area contributed by atoms with E-state index >= 15 is 0 Å². The molecule has 3 amide bonds. The zero-order valence-electron chi connectivity index (χ0n) is 15.8. The molecule has 3 unspecified atom stereocenters. The number of nitrogens with one attached hydrogen (secondary N) is 1. The normalized spacial score (nSPS) is 26.0. The molecule has 2 aliphatic heterocycles. The summed E-state index contributed by atoms with van der Waals surface area (Å²) in [5.41, 5.74) is 7.68. The molecule has 2 saturated heterocycles. The average Bonchev–Trinajstić information content (AvgIpc) is 3.02. The molecule has 0 radical (unpaired) electrons. The van der Waals surface area contributed by atoms with Crippen LogP contribution in [0.25, 0.3) is 0 Å². The first kappa shape index (κ1) is 18.7. The molecule has 2 heterocycles. The molecule has 142 valence electrons. The van der Waals surface area contributed by atoms with Crippen LogP contribution in [0.1, 0.15) is 31.7 Å². The van der Waals surface area contributed by atoms with Gasteiger partial charge < -0.3 is 20.9 Å². The van der Waals surface area contributed by atoms with E-state index in [9.17, 15) is 9.59 Å². The lowest BCUT2D eigenvalue weighted by Crippen LogP contribution is -2.48. The van der Waals surface area contributed by atoms with Gasteiger partial charge in [0.05, 0.1) is 5.92 Å². The molecule has 0 spiro atoms. The number of rotatable bonds is 3. The van der Waals surface area contributed by atoms with Crippen LogP contribution in [0.2, 0.25) is 0 Å². The number of aryl methyl sites for hydroxylation is 1. The van der Waals surface area contributed by atoms with E-state index in [1.54, 1.807) is 4.90 Å². The number of hydrogen-bond donors (Lipinski definition) is 2. The molecule has 1 aromatic carbocycles. The van der Waals surface area contributed by atoms with E-state index in [0.29, 0.717) is 25.6 Å². The van der Waals surface area contributed by atoms with E-state index in [1.165, 1.54) is 0 Å². The topological polar surface area (TPSA) is 78.7 Å². The zero-order chi connectivity index (χ0) is 18.7. The van der Waals surface area contributed by atoms with Crippen LogP contribution in [0, 0.1) is 18.8 Å². The first-order valence-corrected chi connectivity index (χ1v) is 9.61. The number of carbonyl (C=O) groups is 2. The van der Waals surface area contributed by atoms with Gasteiger partial charge in [-0.1, -0.05) is 12.1 Å². The van der Waals surface area contributed by atoms with Gasteiger partial charge in [0.2, 0.25) is 5.91 Å². The Hall–Kier alpha value is -2.08. The summed E-state index contributed by atoms with van der Waals surface area (Å²) in [5, 5.41) is 2.95. The molecule has 26 heavy (non-hydrogen) atoms. The Bertz CT molecular complexity index is 663. The highest BCUT2D eigenvalue weighted by Crippen LogP contribution is 2.27. The number of piperidine rings is 1.